The number of nitrogens with zero attached hydrogens (tertiary/aromatic N) is 1. The molecule has 0 bridgehead atoms. The average molecular weight is 264 g/mol. The van der Waals surface area contributed by atoms with Gasteiger partial charge < -0.3 is 15.2 Å². The van der Waals surface area contributed by atoms with Gasteiger partial charge in [0, 0.05) is 33.0 Å². The van der Waals surface area contributed by atoms with Crippen LogP contribution in [0.1, 0.15) is 12.0 Å². The molecule has 2 atom stereocenters. The number of aryl methyl sites for hydroxylation is 1. The average Bonchev–Trinajstić information content (AvgIpc) is 2.81. The molecule has 1 fully saturated rings. The van der Waals surface area contributed by atoms with E-state index in [2.05, 4.69) is 17.0 Å². The molecule has 0 aromatic heterocycles. The van der Waals surface area contributed by atoms with Crippen LogP contribution in [0.2, 0.25) is 0 Å². The minimum atomic E-state index is 0.206. The van der Waals surface area contributed by atoms with Crippen LogP contribution in [0.3, 0.4) is 0 Å². The Morgan fingerprint density at radius 3 is 2.47 bits per heavy atom. The maximum absolute atomic E-state index is 5.78. The molecule has 2 N–H and O–H groups in total. The van der Waals surface area contributed by atoms with Crippen LogP contribution in [0.15, 0.2) is 24.3 Å². The molecule has 4 heteroatoms. The summed E-state index contributed by atoms with van der Waals surface area (Å²) in [7, 11) is 3.51. The number of hydrogen-bond donors (Lipinski definition) is 1. The van der Waals surface area contributed by atoms with Crippen LogP contribution in [-0.2, 0) is 15.9 Å². The van der Waals surface area contributed by atoms with E-state index < -0.39 is 0 Å². The van der Waals surface area contributed by atoms with Crippen molar-refractivity contribution >= 4 is 5.69 Å². The van der Waals surface area contributed by atoms with Gasteiger partial charge in [-0.2, -0.15) is 0 Å². The zero-order valence-corrected chi connectivity index (χ0v) is 11.8. The summed E-state index contributed by atoms with van der Waals surface area (Å²) in [4.78, 5) is 2.41. The van der Waals surface area contributed by atoms with Gasteiger partial charge >= 0.3 is 0 Å². The molecule has 1 aliphatic rings. The van der Waals surface area contributed by atoms with Crippen molar-refractivity contribution in [2.75, 3.05) is 39.6 Å². The molecule has 106 valence electrons. The highest BCUT2D eigenvalue weighted by atomic mass is 16.5. The van der Waals surface area contributed by atoms with Crippen LogP contribution in [0.25, 0.3) is 0 Å². The van der Waals surface area contributed by atoms with Crippen molar-refractivity contribution in [2.24, 2.45) is 0 Å². The number of nitrogen functional groups attached to an aromatic ring is 1. The zero-order chi connectivity index (χ0) is 13.7. The van der Waals surface area contributed by atoms with Gasteiger partial charge in [0.1, 0.15) is 0 Å². The Balaban J connectivity index is 1.75. The fraction of sp³-hybridized carbons (Fsp3) is 0.600. The first-order valence-electron chi connectivity index (χ1n) is 6.85. The zero-order valence-electron chi connectivity index (χ0n) is 11.8. The Morgan fingerprint density at radius 1 is 1.21 bits per heavy atom. The van der Waals surface area contributed by atoms with E-state index in [1.54, 1.807) is 14.2 Å². The lowest BCUT2D eigenvalue weighted by molar-refractivity contribution is -0.00461. The summed E-state index contributed by atoms with van der Waals surface area (Å²) in [6, 6.07) is 8.13. The molecule has 1 aromatic rings. The Kier molecular flexibility index (Phi) is 5.19. The van der Waals surface area contributed by atoms with Crippen molar-refractivity contribution in [3.05, 3.63) is 29.8 Å². The SMILES string of the molecule is COC1CN(CCCc2cccc(N)c2)CC1OC. The van der Waals surface area contributed by atoms with Crippen molar-refractivity contribution in [2.45, 2.75) is 25.0 Å². The maximum atomic E-state index is 5.78. The molecule has 0 radical (unpaired) electrons. The summed E-state index contributed by atoms with van der Waals surface area (Å²) in [6.45, 7) is 3.01. The normalized spacial score (nSPS) is 23.9. The van der Waals surface area contributed by atoms with Crippen molar-refractivity contribution in [1.29, 1.82) is 0 Å². The minimum Gasteiger partial charge on any atom is -0.399 e. The van der Waals surface area contributed by atoms with Crippen molar-refractivity contribution in [3.8, 4) is 0 Å². The minimum absolute atomic E-state index is 0.206. The number of methoxy groups -OCH3 is 2. The van der Waals surface area contributed by atoms with Gasteiger partial charge in [0.05, 0.1) is 12.2 Å². The maximum Gasteiger partial charge on any atom is 0.0971 e. The van der Waals surface area contributed by atoms with Gasteiger partial charge in [-0.1, -0.05) is 12.1 Å². The highest BCUT2D eigenvalue weighted by Crippen LogP contribution is 2.16. The van der Waals surface area contributed by atoms with Gasteiger partial charge in [0.25, 0.3) is 0 Å². The van der Waals surface area contributed by atoms with Gasteiger partial charge in [-0.25, -0.2) is 0 Å². The number of ether oxygens (including phenoxy) is 2. The smallest absolute Gasteiger partial charge is 0.0971 e. The summed E-state index contributed by atoms with van der Waals surface area (Å²) in [6.07, 6.45) is 2.61. The lowest BCUT2D eigenvalue weighted by Crippen LogP contribution is -2.27. The topological polar surface area (TPSA) is 47.7 Å². The quantitative estimate of drug-likeness (QED) is 0.792. The number of rotatable bonds is 6. The number of nitrogens with two attached hydrogens (primary N) is 1. The van der Waals surface area contributed by atoms with E-state index in [0.29, 0.717) is 0 Å². The van der Waals surface area contributed by atoms with E-state index in [4.69, 9.17) is 15.2 Å². The van der Waals surface area contributed by atoms with Crippen LogP contribution in [0, 0.1) is 0 Å². The van der Waals surface area contributed by atoms with Gasteiger partial charge in [-0.15, -0.1) is 0 Å². The first-order valence-corrected chi connectivity index (χ1v) is 6.85. The molecule has 1 aromatic carbocycles. The molecule has 1 heterocycles. The molecular formula is C15H24N2O2. The van der Waals surface area contributed by atoms with E-state index in [0.717, 1.165) is 38.2 Å². The third-order valence-electron chi connectivity index (χ3n) is 3.79. The van der Waals surface area contributed by atoms with Crippen molar-refractivity contribution in [1.82, 2.24) is 4.90 Å². The number of benzene rings is 1. The predicted octanol–water partition coefficient (Wildman–Crippen LogP) is 1.55. The number of hydrogen-bond acceptors (Lipinski definition) is 4. The van der Waals surface area contributed by atoms with Crippen LogP contribution in [-0.4, -0.2) is 51.0 Å². The van der Waals surface area contributed by atoms with Crippen LogP contribution in [0.4, 0.5) is 5.69 Å². The monoisotopic (exact) mass is 264 g/mol. The molecule has 1 saturated heterocycles. The Bertz CT molecular complexity index is 385. The summed E-state index contributed by atoms with van der Waals surface area (Å²) < 4.78 is 10.9. The van der Waals surface area contributed by atoms with Crippen molar-refractivity contribution in [3.63, 3.8) is 0 Å². The molecule has 0 aliphatic carbocycles. The van der Waals surface area contributed by atoms with Gasteiger partial charge in [-0.3, -0.25) is 4.90 Å². The Hall–Kier alpha value is -1.10. The van der Waals surface area contributed by atoms with Crippen molar-refractivity contribution < 1.29 is 9.47 Å². The summed E-state index contributed by atoms with van der Waals surface area (Å²) >= 11 is 0. The fourth-order valence-electron chi connectivity index (χ4n) is 2.71. The lowest BCUT2D eigenvalue weighted by Gasteiger charge is -2.14. The molecular weight excluding hydrogens is 240 g/mol. The Morgan fingerprint density at radius 2 is 1.89 bits per heavy atom. The second-order valence-corrected chi connectivity index (χ2v) is 5.16. The summed E-state index contributed by atoms with van der Waals surface area (Å²) in [5.74, 6) is 0. The molecule has 2 rings (SSSR count). The molecule has 0 spiro atoms. The number of likely N-dealkylation sites (tertiary alicyclic amines) is 1. The van der Waals surface area contributed by atoms with Crippen LogP contribution in [0.5, 0.6) is 0 Å². The molecule has 1 aliphatic heterocycles. The third kappa shape index (κ3) is 3.93. The number of anilines is 1. The molecule has 0 saturated carbocycles. The molecule has 2 unspecified atom stereocenters. The van der Waals surface area contributed by atoms with Gasteiger partial charge in [0.2, 0.25) is 0 Å². The second kappa shape index (κ2) is 6.89. The highest BCUT2D eigenvalue weighted by molar-refractivity contribution is 5.40. The van der Waals surface area contributed by atoms with E-state index in [9.17, 15) is 0 Å². The van der Waals surface area contributed by atoms with Gasteiger partial charge in [0.15, 0.2) is 0 Å². The molecule has 4 nitrogen and oxygen atoms in total. The highest BCUT2D eigenvalue weighted by Gasteiger charge is 2.32. The standard InChI is InChI=1S/C15H24N2O2/c1-18-14-10-17(11-15(14)19-2)8-4-6-12-5-3-7-13(16)9-12/h3,5,7,9,14-15H,4,6,8,10-11,16H2,1-2H3. The van der Waals surface area contributed by atoms with E-state index in [1.807, 2.05) is 12.1 Å². The van der Waals surface area contributed by atoms with Gasteiger partial charge in [-0.05, 0) is 37.1 Å². The van der Waals surface area contributed by atoms with E-state index in [1.165, 1.54) is 5.56 Å². The van der Waals surface area contributed by atoms with E-state index >= 15 is 0 Å². The van der Waals surface area contributed by atoms with Crippen LogP contribution < -0.4 is 5.73 Å². The largest absolute Gasteiger partial charge is 0.399 e. The lowest BCUT2D eigenvalue weighted by atomic mass is 10.1. The fourth-order valence-corrected chi connectivity index (χ4v) is 2.71. The first-order chi connectivity index (χ1) is 9.22. The van der Waals surface area contributed by atoms with Crippen LogP contribution >= 0.6 is 0 Å². The first kappa shape index (κ1) is 14.3. The summed E-state index contributed by atoms with van der Waals surface area (Å²) in [5.41, 5.74) is 7.94. The van der Waals surface area contributed by atoms with E-state index in [-0.39, 0.29) is 12.2 Å². The third-order valence-corrected chi connectivity index (χ3v) is 3.79. The predicted molar refractivity (Wildman–Crippen MR) is 77.2 cm³/mol. The second-order valence-electron chi connectivity index (χ2n) is 5.16. The molecule has 0 amide bonds. The molecule has 19 heavy (non-hydrogen) atoms. The Labute approximate surface area is 115 Å². The summed E-state index contributed by atoms with van der Waals surface area (Å²) in [5, 5.41) is 0.